The molecule has 0 aliphatic rings. The number of nitrogens with zero attached hydrogens (tertiary/aromatic N) is 1. The van der Waals surface area contributed by atoms with Gasteiger partial charge in [0.05, 0.1) is 12.1 Å². The molecule has 4 nitrogen and oxygen atoms in total. The SMILES string of the molecule is NC(C(=O)O)c1csc(CC(F)(F)F)n1. The number of nitrogens with two attached hydrogens (primary N) is 1. The van der Waals surface area contributed by atoms with Crippen molar-refractivity contribution >= 4 is 17.3 Å². The Balaban J connectivity index is 2.77. The van der Waals surface area contributed by atoms with Crippen molar-refractivity contribution < 1.29 is 23.1 Å². The average Bonchev–Trinajstić information content (AvgIpc) is 2.48. The zero-order valence-electron chi connectivity index (χ0n) is 7.28. The monoisotopic (exact) mass is 240 g/mol. The van der Waals surface area contributed by atoms with E-state index in [2.05, 4.69) is 4.98 Å². The van der Waals surface area contributed by atoms with E-state index in [1.165, 1.54) is 5.38 Å². The van der Waals surface area contributed by atoms with Crippen molar-refractivity contribution in [2.75, 3.05) is 0 Å². The average molecular weight is 240 g/mol. The van der Waals surface area contributed by atoms with E-state index in [9.17, 15) is 18.0 Å². The van der Waals surface area contributed by atoms with Gasteiger partial charge in [0.25, 0.3) is 0 Å². The molecule has 1 aromatic rings. The summed E-state index contributed by atoms with van der Waals surface area (Å²) < 4.78 is 35.8. The van der Waals surface area contributed by atoms with Crippen LogP contribution in [0.15, 0.2) is 5.38 Å². The van der Waals surface area contributed by atoms with Crippen molar-refractivity contribution in [3.63, 3.8) is 0 Å². The van der Waals surface area contributed by atoms with Gasteiger partial charge in [-0.05, 0) is 0 Å². The molecule has 0 aromatic carbocycles. The van der Waals surface area contributed by atoms with Crippen molar-refractivity contribution in [1.82, 2.24) is 4.98 Å². The van der Waals surface area contributed by atoms with E-state index in [4.69, 9.17) is 10.8 Å². The Hall–Kier alpha value is -1.15. The molecule has 1 atom stereocenters. The summed E-state index contributed by atoms with van der Waals surface area (Å²) >= 11 is 0.748. The van der Waals surface area contributed by atoms with Gasteiger partial charge in [0, 0.05) is 5.38 Å². The minimum atomic E-state index is -4.34. The molecular formula is C7H7F3N2O2S. The van der Waals surface area contributed by atoms with Gasteiger partial charge in [0.15, 0.2) is 0 Å². The topological polar surface area (TPSA) is 76.2 Å². The van der Waals surface area contributed by atoms with Gasteiger partial charge in [-0.25, -0.2) is 4.98 Å². The molecule has 0 radical (unpaired) electrons. The number of carboxylic acid groups (broad SMARTS) is 1. The van der Waals surface area contributed by atoms with Crippen molar-refractivity contribution in [3.8, 4) is 0 Å². The molecule has 0 spiro atoms. The predicted molar refractivity (Wildman–Crippen MR) is 46.4 cm³/mol. The maximum atomic E-state index is 11.9. The van der Waals surface area contributed by atoms with Crippen LogP contribution in [0.3, 0.4) is 0 Å². The van der Waals surface area contributed by atoms with E-state index in [-0.39, 0.29) is 10.7 Å². The summed E-state index contributed by atoms with van der Waals surface area (Å²) in [6.45, 7) is 0. The fourth-order valence-corrected chi connectivity index (χ4v) is 1.71. The maximum absolute atomic E-state index is 11.9. The molecule has 0 saturated heterocycles. The number of aliphatic carboxylic acids is 1. The molecule has 0 saturated carbocycles. The lowest BCUT2D eigenvalue weighted by Gasteiger charge is -2.03. The first-order chi connectivity index (χ1) is 6.79. The maximum Gasteiger partial charge on any atom is 0.395 e. The Morgan fingerprint density at radius 2 is 2.27 bits per heavy atom. The molecule has 1 aromatic heterocycles. The Bertz CT molecular complexity index is 363. The Labute approximate surface area is 86.5 Å². The van der Waals surface area contributed by atoms with Gasteiger partial charge in [0.2, 0.25) is 0 Å². The minimum absolute atomic E-state index is 0.0493. The number of halogens is 3. The molecule has 0 fully saturated rings. The second kappa shape index (κ2) is 4.15. The van der Waals surface area contributed by atoms with Gasteiger partial charge < -0.3 is 10.8 Å². The van der Waals surface area contributed by atoms with Crippen LogP contribution in [0.25, 0.3) is 0 Å². The molecule has 84 valence electrons. The van der Waals surface area contributed by atoms with Crippen LogP contribution < -0.4 is 5.73 Å². The third-order valence-corrected chi connectivity index (χ3v) is 2.37. The minimum Gasteiger partial charge on any atom is -0.480 e. The van der Waals surface area contributed by atoms with Crippen LogP contribution in [0, 0.1) is 0 Å². The number of hydrogen-bond donors (Lipinski definition) is 2. The summed E-state index contributed by atoms with van der Waals surface area (Å²) in [5.41, 5.74) is 5.13. The highest BCUT2D eigenvalue weighted by Crippen LogP contribution is 2.24. The lowest BCUT2D eigenvalue weighted by molar-refractivity contribution is -0.138. The van der Waals surface area contributed by atoms with Crippen molar-refractivity contribution in [2.24, 2.45) is 5.73 Å². The van der Waals surface area contributed by atoms with Gasteiger partial charge in [-0.1, -0.05) is 0 Å². The molecule has 1 heterocycles. The van der Waals surface area contributed by atoms with E-state index < -0.39 is 24.6 Å². The highest BCUT2D eigenvalue weighted by molar-refractivity contribution is 7.09. The fraction of sp³-hybridized carbons (Fsp3) is 0.429. The summed E-state index contributed by atoms with van der Waals surface area (Å²) in [5.74, 6) is -1.32. The molecule has 1 unspecified atom stereocenters. The summed E-state index contributed by atoms with van der Waals surface area (Å²) in [6.07, 6.45) is -5.51. The van der Waals surface area contributed by atoms with Crippen LogP contribution >= 0.6 is 11.3 Å². The standard InChI is InChI=1S/C7H7F3N2O2S/c8-7(9,10)1-4-12-3(2-15-4)5(11)6(13)14/h2,5H,1,11H2,(H,13,14). The first kappa shape index (κ1) is 11.9. The summed E-state index contributed by atoms with van der Waals surface area (Å²) in [4.78, 5) is 13.9. The number of carbonyl (C=O) groups is 1. The third-order valence-electron chi connectivity index (χ3n) is 1.51. The molecule has 3 N–H and O–H groups in total. The molecule has 0 aliphatic carbocycles. The van der Waals surface area contributed by atoms with E-state index in [1.807, 2.05) is 0 Å². The van der Waals surface area contributed by atoms with Crippen LogP contribution in [0.5, 0.6) is 0 Å². The smallest absolute Gasteiger partial charge is 0.395 e. The quantitative estimate of drug-likeness (QED) is 0.835. The molecule has 1 rings (SSSR count). The van der Waals surface area contributed by atoms with E-state index >= 15 is 0 Å². The van der Waals surface area contributed by atoms with E-state index in [0.29, 0.717) is 0 Å². The molecule has 8 heteroatoms. The summed E-state index contributed by atoms with van der Waals surface area (Å²) in [5, 5.41) is 9.53. The van der Waals surface area contributed by atoms with Crippen LogP contribution in [0.4, 0.5) is 13.2 Å². The molecule has 15 heavy (non-hydrogen) atoms. The zero-order chi connectivity index (χ0) is 11.6. The molecular weight excluding hydrogens is 233 g/mol. The van der Waals surface area contributed by atoms with Crippen LogP contribution in [0.1, 0.15) is 16.7 Å². The van der Waals surface area contributed by atoms with Gasteiger partial charge in [-0.15, -0.1) is 11.3 Å². The number of hydrogen-bond acceptors (Lipinski definition) is 4. The van der Waals surface area contributed by atoms with Crippen LogP contribution in [0.2, 0.25) is 0 Å². The Morgan fingerprint density at radius 3 is 2.73 bits per heavy atom. The first-order valence-corrected chi connectivity index (χ1v) is 4.67. The third kappa shape index (κ3) is 3.48. The fourth-order valence-electron chi connectivity index (χ4n) is 0.847. The van der Waals surface area contributed by atoms with Crippen molar-refractivity contribution in [2.45, 2.75) is 18.6 Å². The zero-order valence-corrected chi connectivity index (χ0v) is 8.10. The molecule has 0 amide bonds. The highest BCUT2D eigenvalue weighted by Gasteiger charge is 2.30. The number of aromatic nitrogens is 1. The highest BCUT2D eigenvalue weighted by atomic mass is 32.1. The normalized spacial score (nSPS) is 13.9. The summed E-state index contributed by atoms with van der Waals surface area (Å²) in [6, 6.07) is -1.37. The number of rotatable bonds is 3. The number of alkyl halides is 3. The number of carboxylic acids is 1. The van der Waals surface area contributed by atoms with Crippen molar-refractivity contribution in [1.29, 1.82) is 0 Å². The lowest BCUT2D eigenvalue weighted by atomic mass is 10.2. The van der Waals surface area contributed by atoms with E-state index in [0.717, 1.165) is 11.3 Å². The van der Waals surface area contributed by atoms with Crippen molar-refractivity contribution in [3.05, 3.63) is 16.1 Å². The first-order valence-electron chi connectivity index (χ1n) is 3.79. The van der Waals surface area contributed by atoms with E-state index in [1.54, 1.807) is 0 Å². The van der Waals surface area contributed by atoms with Crippen LogP contribution in [-0.4, -0.2) is 22.2 Å². The van der Waals surface area contributed by atoms with Gasteiger partial charge in [0.1, 0.15) is 11.0 Å². The second-order valence-electron chi connectivity index (χ2n) is 2.77. The largest absolute Gasteiger partial charge is 0.480 e. The second-order valence-corrected chi connectivity index (χ2v) is 3.72. The van der Waals surface area contributed by atoms with Gasteiger partial charge in [-0.2, -0.15) is 13.2 Å². The van der Waals surface area contributed by atoms with Crippen LogP contribution in [-0.2, 0) is 11.2 Å². The predicted octanol–water partition coefficient (Wildman–Crippen LogP) is 1.33. The molecule has 0 aliphatic heterocycles. The molecule has 0 bridgehead atoms. The Morgan fingerprint density at radius 1 is 1.67 bits per heavy atom. The van der Waals surface area contributed by atoms with Gasteiger partial charge in [-0.3, -0.25) is 4.79 Å². The summed E-state index contributed by atoms with van der Waals surface area (Å²) in [7, 11) is 0. The Kier molecular flexibility index (Phi) is 3.30. The number of thiazole rings is 1. The van der Waals surface area contributed by atoms with Gasteiger partial charge >= 0.3 is 12.1 Å². The lowest BCUT2D eigenvalue weighted by Crippen LogP contribution is -2.21.